The van der Waals surface area contributed by atoms with Gasteiger partial charge < -0.3 is 9.84 Å². The van der Waals surface area contributed by atoms with E-state index in [0.717, 1.165) is 24.2 Å². The molecule has 1 aromatic carbocycles. The number of aliphatic hydroxyl groups excluding tert-OH is 1. The van der Waals surface area contributed by atoms with Crippen LogP contribution in [0.4, 0.5) is 0 Å². The van der Waals surface area contributed by atoms with Gasteiger partial charge in [-0.1, -0.05) is 57.1 Å². The van der Waals surface area contributed by atoms with Gasteiger partial charge in [0.15, 0.2) is 0 Å². The number of rotatable bonds is 8. The molecule has 1 N–H and O–H groups in total. The van der Waals surface area contributed by atoms with E-state index in [1.165, 1.54) is 50.5 Å². The van der Waals surface area contributed by atoms with E-state index in [0.29, 0.717) is 0 Å². The van der Waals surface area contributed by atoms with Gasteiger partial charge in [0.05, 0.1) is 6.10 Å². The number of benzene rings is 1. The average Bonchev–Trinajstić information content (AvgIpc) is 2.47. The van der Waals surface area contributed by atoms with Crippen molar-refractivity contribution in [3.8, 4) is 5.75 Å². The van der Waals surface area contributed by atoms with Gasteiger partial charge in [-0.25, -0.2) is 0 Å². The minimum Gasteiger partial charge on any atom is -0.490 e. The maximum Gasteiger partial charge on any atom is 0.125 e. The molecule has 1 unspecified atom stereocenters. The molecule has 1 aliphatic rings. The van der Waals surface area contributed by atoms with E-state index in [4.69, 9.17) is 4.74 Å². The Hall–Kier alpha value is -1.02. The normalized spacial score (nSPS) is 20.9. The molecule has 0 radical (unpaired) electrons. The minimum absolute atomic E-state index is 0.186. The van der Waals surface area contributed by atoms with E-state index < -0.39 is 0 Å². The number of aliphatic hydroxyl groups is 1. The standard InChI is InChI=1S/C19H30O2/c1-3-4-5-6-7-8-9-10-16-14-18(20)17-13-15(2)11-12-19(17)21-16/h11-13,16,18,20H,3-10,14H2,1-2H3/t16?,18-/m0/s1. The Morgan fingerprint density at radius 1 is 1.10 bits per heavy atom. The molecule has 1 heterocycles. The van der Waals surface area contributed by atoms with E-state index in [9.17, 15) is 5.11 Å². The van der Waals surface area contributed by atoms with Crippen LogP contribution in [0.2, 0.25) is 0 Å². The molecule has 1 aromatic rings. The molecule has 0 amide bonds. The maximum absolute atomic E-state index is 10.3. The Kier molecular flexibility index (Phi) is 6.56. The molecule has 2 atom stereocenters. The van der Waals surface area contributed by atoms with Crippen molar-refractivity contribution in [3.05, 3.63) is 29.3 Å². The van der Waals surface area contributed by atoms with Gasteiger partial charge in [0.2, 0.25) is 0 Å². The lowest BCUT2D eigenvalue weighted by atomic mass is 9.95. The molecular weight excluding hydrogens is 260 g/mol. The first-order valence-electron chi connectivity index (χ1n) is 8.66. The zero-order chi connectivity index (χ0) is 15.1. The second-order valence-electron chi connectivity index (χ2n) is 6.44. The molecule has 2 nitrogen and oxygen atoms in total. The largest absolute Gasteiger partial charge is 0.490 e. The maximum atomic E-state index is 10.3. The van der Waals surface area contributed by atoms with Crippen LogP contribution in [0.25, 0.3) is 0 Å². The number of hydrogen-bond acceptors (Lipinski definition) is 2. The van der Waals surface area contributed by atoms with E-state index in [1.807, 2.05) is 12.1 Å². The Bertz CT molecular complexity index is 428. The van der Waals surface area contributed by atoms with Crippen LogP contribution in [0.5, 0.6) is 5.75 Å². The highest BCUT2D eigenvalue weighted by molar-refractivity contribution is 5.40. The lowest BCUT2D eigenvalue weighted by molar-refractivity contribution is 0.0604. The van der Waals surface area contributed by atoms with Crippen LogP contribution in [-0.2, 0) is 0 Å². The highest BCUT2D eigenvalue weighted by Crippen LogP contribution is 2.36. The Morgan fingerprint density at radius 3 is 2.57 bits per heavy atom. The Morgan fingerprint density at radius 2 is 1.81 bits per heavy atom. The summed E-state index contributed by atoms with van der Waals surface area (Å²) in [4.78, 5) is 0. The van der Waals surface area contributed by atoms with Crippen LogP contribution in [0.15, 0.2) is 18.2 Å². The molecule has 2 heteroatoms. The van der Waals surface area contributed by atoms with Crippen LogP contribution < -0.4 is 4.74 Å². The first kappa shape index (κ1) is 16.4. The van der Waals surface area contributed by atoms with E-state index in [-0.39, 0.29) is 12.2 Å². The molecule has 0 saturated heterocycles. The molecule has 0 bridgehead atoms. The monoisotopic (exact) mass is 290 g/mol. The smallest absolute Gasteiger partial charge is 0.125 e. The van der Waals surface area contributed by atoms with Gasteiger partial charge in [-0.3, -0.25) is 0 Å². The van der Waals surface area contributed by atoms with Crippen molar-refractivity contribution in [2.75, 3.05) is 0 Å². The van der Waals surface area contributed by atoms with Crippen LogP contribution >= 0.6 is 0 Å². The first-order valence-corrected chi connectivity index (χ1v) is 8.66. The molecule has 0 saturated carbocycles. The zero-order valence-corrected chi connectivity index (χ0v) is 13.6. The highest BCUT2D eigenvalue weighted by Gasteiger charge is 2.26. The van der Waals surface area contributed by atoms with Crippen molar-refractivity contribution in [1.82, 2.24) is 0 Å². The molecule has 0 aromatic heterocycles. The molecule has 0 aliphatic carbocycles. The van der Waals surface area contributed by atoms with Gasteiger partial charge in [0.1, 0.15) is 11.9 Å². The van der Waals surface area contributed by atoms with Crippen molar-refractivity contribution < 1.29 is 9.84 Å². The summed E-state index contributed by atoms with van der Waals surface area (Å²) in [6.45, 7) is 4.31. The summed E-state index contributed by atoms with van der Waals surface area (Å²) in [7, 11) is 0. The third-order valence-corrected chi connectivity index (χ3v) is 4.43. The van der Waals surface area contributed by atoms with Crippen molar-refractivity contribution in [2.24, 2.45) is 0 Å². The molecule has 118 valence electrons. The summed E-state index contributed by atoms with van der Waals surface area (Å²) < 4.78 is 6.04. The Balaban J connectivity index is 1.70. The fraction of sp³-hybridized carbons (Fsp3) is 0.684. The average molecular weight is 290 g/mol. The molecule has 2 rings (SSSR count). The number of fused-ring (bicyclic) bond motifs is 1. The molecular formula is C19H30O2. The fourth-order valence-corrected chi connectivity index (χ4v) is 3.15. The summed E-state index contributed by atoms with van der Waals surface area (Å²) in [5, 5.41) is 10.3. The second-order valence-corrected chi connectivity index (χ2v) is 6.44. The molecule has 0 fully saturated rings. The van der Waals surface area contributed by atoms with Crippen LogP contribution in [0.3, 0.4) is 0 Å². The fourth-order valence-electron chi connectivity index (χ4n) is 3.15. The molecule has 21 heavy (non-hydrogen) atoms. The van der Waals surface area contributed by atoms with Gasteiger partial charge in [-0.2, -0.15) is 0 Å². The van der Waals surface area contributed by atoms with E-state index >= 15 is 0 Å². The van der Waals surface area contributed by atoms with Crippen molar-refractivity contribution in [3.63, 3.8) is 0 Å². The predicted molar refractivity (Wildman–Crippen MR) is 87.8 cm³/mol. The van der Waals surface area contributed by atoms with Crippen molar-refractivity contribution >= 4 is 0 Å². The van der Waals surface area contributed by atoms with Crippen LogP contribution in [-0.4, -0.2) is 11.2 Å². The van der Waals surface area contributed by atoms with Gasteiger partial charge in [0, 0.05) is 12.0 Å². The quantitative estimate of drug-likeness (QED) is 0.656. The van der Waals surface area contributed by atoms with E-state index in [2.05, 4.69) is 19.9 Å². The summed E-state index contributed by atoms with van der Waals surface area (Å²) in [5.74, 6) is 0.882. The van der Waals surface area contributed by atoms with Gasteiger partial charge in [-0.05, 0) is 31.9 Å². The van der Waals surface area contributed by atoms with Crippen LogP contribution in [0, 0.1) is 6.92 Å². The summed E-state index contributed by atoms with van der Waals surface area (Å²) in [5.41, 5.74) is 2.15. The lowest BCUT2D eigenvalue weighted by Gasteiger charge is -2.30. The van der Waals surface area contributed by atoms with Crippen LogP contribution in [0.1, 0.15) is 81.9 Å². The van der Waals surface area contributed by atoms with Crippen molar-refractivity contribution in [1.29, 1.82) is 0 Å². The highest BCUT2D eigenvalue weighted by atomic mass is 16.5. The number of aryl methyl sites for hydroxylation is 1. The minimum atomic E-state index is -0.358. The van der Waals surface area contributed by atoms with E-state index in [1.54, 1.807) is 0 Å². The first-order chi connectivity index (χ1) is 10.2. The summed E-state index contributed by atoms with van der Waals surface area (Å²) >= 11 is 0. The SMILES string of the molecule is CCCCCCCCCC1C[C@H](O)c2cc(C)ccc2O1. The van der Waals surface area contributed by atoms with Gasteiger partial charge >= 0.3 is 0 Å². The van der Waals surface area contributed by atoms with Crippen molar-refractivity contribution in [2.45, 2.75) is 83.8 Å². The molecule has 0 spiro atoms. The topological polar surface area (TPSA) is 29.5 Å². The third-order valence-electron chi connectivity index (χ3n) is 4.43. The molecule has 1 aliphatic heterocycles. The summed E-state index contributed by atoms with van der Waals surface area (Å²) in [6, 6.07) is 6.11. The van der Waals surface area contributed by atoms with Gasteiger partial charge in [-0.15, -0.1) is 0 Å². The van der Waals surface area contributed by atoms with Gasteiger partial charge in [0.25, 0.3) is 0 Å². The number of hydrogen-bond donors (Lipinski definition) is 1. The predicted octanol–water partition coefficient (Wildman–Crippen LogP) is 5.32. The third kappa shape index (κ3) is 5.03. The second kappa shape index (κ2) is 8.43. The summed E-state index contributed by atoms with van der Waals surface area (Å²) in [6.07, 6.45) is 10.9. The lowest BCUT2D eigenvalue weighted by Crippen LogP contribution is -2.25. The number of ether oxygens (including phenoxy) is 1. The Labute approximate surface area is 129 Å². The zero-order valence-electron chi connectivity index (χ0n) is 13.6. The number of unbranched alkanes of at least 4 members (excludes halogenated alkanes) is 6.